The molecular weight excluding hydrogens is 104 g/mol. The first-order valence-electron chi connectivity index (χ1n) is 2.59. The maximum Gasteiger partial charge on any atom is 0.115 e. The third kappa shape index (κ3) is 5.84. The quantitative estimate of drug-likeness (QED) is 0.327. The molecule has 0 amide bonds. The van der Waals surface area contributed by atoms with E-state index in [4.69, 9.17) is 17.2 Å². The van der Waals surface area contributed by atoms with Crippen molar-refractivity contribution in [2.45, 2.75) is 12.7 Å². The Bertz CT molecular complexity index is 55.5. The molecule has 0 fully saturated rings. The van der Waals surface area contributed by atoms with Gasteiger partial charge < -0.3 is 17.2 Å². The first-order chi connectivity index (χ1) is 3.56. The van der Waals surface area contributed by atoms with Crippen molar-refractivity contribution >= 4 is 0 Å². The fourth-order valence-corrected chi connectivity index (χ4v) is 0.342. The second-order valence-corrected chi connectivity index (χ2v) is 2.00. The van der Waals surface area contributed by atoms with Gasteiger partial charge in [0.25, 0.3) is 0 Å². The minimum atomic E-state index is -0.778. The van der Waals surface area contributed by atoms with E-state index in [-0.39, 0.29) is 0 Å². The number of nitrogens with two attached hydrogens (primary N) is 3. The van der Waals surface area contributed by atoms with Gasteiger partial charge in [-0.1, -0.05) is 0 Å². The van der Waals surface area contributed by atoms with Crippen molar-refractivity contribution in [3.05, 3.63) is 0 Å². The van der Waals surface area contributed by atoms with Crippen molar-refractivity contribution in [1.82, 2.24) is 5.32 Å². The fraction of sp³-hybridized carbons (Fsp3) is 1.00. The lowest BCUT2D eigenvalue weighted by molar-refractivity contribution is 0.387. The molecule has 8 heavy (non-hydrogen) atoms. The predicted molar refractivity (Wildman–Crippen MR) is 33.8 cm³/mol. The Morgan fingerprint density at radius 3 is 2.12 bits per heavy atom. The highest BCUT2D eigenvalue weighted by Gasteiger charge is 2.06. The first-order valence-corrected chi connectivity index (χ1v) is 2.59. The van der Waals surface area contributed by atoms with E-state index in [1.807, 2.05) is 0 Å². The first kappa shape index (κ1) is 7.84. The maximum atomic E-state index is 5.33. The molecule has 0 saturated heterocycles. The molecule has 0 saturated carbocycles. The molecule has 4 nitrogen and oxygen atoms in total. The zero-order valence-corrected chi connectivity index (χ0v) is 5.15. The SMILES string of the molecule is CC(N)(N)NCCN. The highest BCUT2D eigenvalue weighted by molar-refractivity contribution is 4.65. The van der Waals surface area contributed by atoms with Crippen LogP contribution in [0.25, 0.3) is 0 Å². The Kier molecular flexibility index (Phi) is 2.93. The summed E-state index contributed by atoms with van der Waals surface area (Å²) in [5.41, 5.74) is 15.8. The van der Waals surface area contributed by atoms with Crippen LogP contribution in [0.1, 0.15) is 6.92 Å². The average Bonchev–Trinajstić information content (AvgIpc) is 1.59. The molecule has 0 aromatic rings. The standard InChI is InChI=1S/C4H14N4/c1-4(6,7)8-3-2-5/h8H,2-3,5-7H2,1H3. The van der Waals surface area contributed by atoms with Crippen LogP contribution in [0, 0.1) is 0 Å². The Hall–Kier alpha value is -0.160. The number of hydrogen-bond acceptors (Lipinski definition) is 4. The lowest BCUT2D eigenvalue weighted by Crippen LogP contribution is -2.59. The highest BCUT2D eigenvalue weighted by atomic mass is 15.2. The van der Waals surface area contributed by atoms with Crippen molar-refractivity contribution in [2.24, 2.45) is 17.2 Å². The van der Waals surface area contributed by atoms with Gasteiger partial charge >= 0.3 is 0 Å². The summed E-state index contributed by atoms with van der Waals surface area (Å²) in [5.74, 6) is -0.778. The third-order valence-electron chi connectivity index (χ3n) is 0.650. The molecular formula is C4H14N4. The van der Waals surface area contributed by atoms with Gasteiger partial charge in [-0.3, -0.25) is 5.32 Å². The smallest absolute Gasteiger partial charge is 0.115 e. The third-order valence-corrected chi connectivity index (χ3v) is 0.650. The minimum Gasteiger partial charge on any atom is -0.329 e. The van der Waals surface area contributed by atoms with Crippen LogP contribution in [0.3, 0.4) is 0 Å². The van der Waals surface area contributed by atoms with Crippen molar-refractivity contribution in [1.29, 1.82) is 0 Å². The van der Waals surface area contributed by atoms with E-state index in [2.05, 4.69) is 5.32 Å². The Morgan fingerprint density at radius 1 is 1.50 bits per heavy atom. The van der Waals surface area contributed by atoms with Crippen molar-refractivity contribution in [3.63, 3.8) is 0 Å². The van der Waals surface area contributed by atoms with E-state index in [9.17, 15) is 0 Å². The van der Waals surface area contributed by atoms with Crippen LogP contribution in [-0.4, -0.2) is 18.9 Å². The van der Waals surface area contributed by atoms with Crippen LogP contribution in [-0.2, 0) is 0 Å². The molecule has 0 aliphatic carbocycles. The van der Waals surface area contributed by atoms with Crippen LogP contribution in [0.2, 0.25) is 0 Å². The molecule has 0 spiro atoms. The van der Waals surface area contributed by atoms with Crippen LogP contribution < -0.4 is 22.5 Å². The molecule has 4 heteroatoms. The Balaban J connectivity index is 3.11. The van der Waals surface area contributed by atoms with Crippen molar-refractivity contribution in [3.8, 4) is 0 Å². The molecule has 0 radical (unpaired) electrons. The van der Waals surface area contributed by atoms with E-state index in [1.54, 1.807) is 6.92 Å². The van der Waals surface area contributed by atoms with Crippen LogP contribution in [0.4, 0.5) is 0 Å². The maximum absolute atomic E-state index is 5.33. The predicted octanol–water partition coefficient (Wildman–Crippen LogP) is -1.87. The molecule has 0 atom stereocenters. The zero-order chi connectivity index (χ0) is 6.62. The normalized spacial score (nSPS) is 12.0. The van der Waals surface area contributed by atoms with Gasteiger partial charge in [-0.25, -0.2) is 0 Å². The zero-order valence-electron chi connectivity index (χ0n) is 5.15. The molecule has 0 aliphatic heterocycles. The van der Waals surface area contributed by atoms with Gasteiger partial charge in [-0.05, 0) is 6.92 Å². The number of nitrogens with one attached hydrogen (secondary N) is 1. The summed E-state index contributed by atoms with van der Waals surface area (Å²) >= 11 is 0. The molecule has 0 rings (SSSR count). The van der Waals surface area contributed by atoms with E-state index in [0.717, 1.165) is 0 Å². The molecule has 50 valence electrons. The molecule has 0 heterocycles. The van der Waals surface area contributed by atoms with Crippen LogP contribution in [0.15, 0.2) is 0 Å². The van der Waals surface area contributed by atoms with Crippen LogP contribution >= 0.6 is 0 Å². The summed E-state index contributed by atoms with van der Waals surface area (Å²) in [6.45, 7) is 2.90. The van der Waals surface area contributed by atoms with Gasteiger partial charge in [0.2, 0.25) is 0 Å². The average molecular weight is 118 g/mol. The van der Waals surface area contributed by atoms with E-state index < -0.39 is 5.79 Å². The largest absolute Gasteiger partial charge is 0.329 e. The van der Waals surface area contributed by atoms with Crippen molar-refractivity contribution in [2.75, 3.05) is 13.1 Å². The highest BCUT2D eigenvalue weighted by Crippen LogP contribution is 1.74. The molecule has 0 aromatic carbocycles. The van der Waals surface area contributed by atoms with Gasteiger partial charge in [0.05, 0.1) is 0 Å². The molecule has 0 bridgehead atoms. The second kappa shape index (κ2) is 2.99. The lowest BCUT2D eigenvalue weighted by Gasteiger charge is -2.19. The Morgan fingerprint density at radius 2 is 2.00 bits per heavy atom. The van der Waals surface area contributed by atoms with Gasteiger partial charge in [0.15, 0.2) is 0 Å². The second-order valence-electron chi connectivity index (χ2n) is 2.00. The van der Waals surface area contributed by atoms with Crippen LogP contribution in [0.5, 0.6) is 0 Å². The van der Waals surface area contributed by atoms with Crippen molar-refractivity contribution < 1.29 is 0 Å². The molecule has 0 unspecified atom stereocenters. The topological polar surface area (TPSA) is 90.1 Å². The molecule has 0 aromatic heterocycles. The molecule has 7 N–H and O–H groups in total. The number of hydrogen-bond donors (Lipinski definition) is 4. The summed E-state index contributed by atoms with van der Waals surface area (Å²) in [4.78, 5) is 0. The summed E-state index contributed by atoms with van der Waals surface area (Å²) in [7, 11) is 0. The molecule has 0 aliphatic rings. The summed E-state index contributed by atoms with van der Waals surface area (Å²) in [6.07, 6.45) is 0. The minimum absolute atomic E-state index is 0.560. The van der Waals surface area contributed by atoms with E-state index in [1.165, 1.54) is 0 Å². The van der Waals surface area contributed by atoms with E-state index >= 15 is 0 Å². The fourth-order valence-electron chi connectivity index (χ4n) is 0.342. The van der Waals surface area contributed by atoms with Gasteiger partial charge in [-0.2, -0.15) is 0 Å². The Labute approximate surface area is 49.4 Å². The van der Waals surface area contributed by atoms with E-state index in [0.29, 0.717) is 13.1 Å². The summed E-state index contributed by atoms with van der Waals surface area (Å²) in [5, 5.41) is 2.80. The van der Waals surface area contributed by atoms with Gasteiger partial charge in [0.1, 0.15) is 5.79 Å². The summed E-state index contributed by atoms with van der Waals surface area (Å²) in [6, 6.07) is 0. The number of rotatable bonds is 3. The monoisotopic (exact) mass is 118 g/mol. The summed E-state index contributed by atoms with van der Waals surface area (Å²) < 4.78 is 0. The lowest BCUT2D eigenvalue weighted by atomic mass is 10.4. The van der Waals surface area contributed by atoms with Gasteiger partial charge in [-0.15, -0.1) is 0 Å². The van der Waals surface area contributed by atoms with Gasteiger partial charge in [0, 0.05) is 13.1 Å².